The Morgan fingerprint density at radius 1 is 0.952 bits per heavy atom. The second-order valence-corrected chi connectivity index (χ2v) is 5.31. The molecule has 112 valence electrons. The number of likely N-dealkylation sites (N-methyl/N-ethyl adjacent to an activating group) is 1. The van der Waals surface area contributed by atoms with Crippen LogP contribution < -0.4 is 5.32 Å². The van der Waals surface area contributed by atoms with Crippen molar-refractivity contribution in [1.29, 1.82) is 0 Å². The maximum atomic E-state index is 13.8. The van der Waals surface area contributed by atoms with Crippen LogP contribution in [0.4, 0.5) is 13.2 Å². The monoisotopic (exact) mass is 313 g/mol. The van der Waals surface area contributed by atoms with Crippen LogP contribution in [0.3, 0.4) is 0 Å². The first-order chi connectivity index (χ1) is 9.99. The van der Waals surface area contributed by atoms with E-state index in [2.05, 4.69) is 5.32 Å². The fourth-order valence-corrected chi connectivity index (χ4v) is 2.34. The molecule has 0 saturated heterocycles. The minimum atomic E-state index is -0.875. The van der Waals surface area contributed by atoms with Gasteiger partial charge in [0.2, 0.25) is 0 Å². The molecule has 1 atom stereocenters. The van der Waals surface area contributed by atoms with Crippen molar-refractivity contribution < 1.29 is 13.2 Å². The Bertz CT molecular complexity index is 631. The van der Waals surface area contributed by atoms with Gasteiger partial charge in [0.15, 0.2) is 11.6 Å². The van der Waals surface area contributed by atoms with Crippen molar-refractivity contribution in [3.8, 4) is 0 Å². The topological polar surface area (TPSA) is 12.0 Å². The van der Waals surface area contributed by atoms with Crippen molar-refractivity contribution in [1.82, 2.24) is 5.32 Å². The SMILES string of the molecule is CNC(Cc1ccc(F)c(F)c1)Cc1ccc(Cl)cc1F. The lowest BCUT2D eigenvalue weighted by molar-refractivity contribution is 0.501. The molecule has 5 heteroatoms. The Labute approximate surface area is 126 Å². The van der Waals surface area contributed by atoms with Gasteiger partial charge in [-0.25, -0.2) is 13.2 Å². The minimum absolute atomic E-state index is 0.0921. The normalized spacial score (nSPS) is 12.4. The quantitative estimate of drug-likeness (QED) is 0.875. The molecule has 2 rings (SSSR count). The molecule has 2 aromatic carbocycles. The summed E-state index contributed by atoms with van der Waals surface area (Å²) in [6.07, 6.45) is 0.897. The fourth-order valence-electron chi connectivity index (χ4n) is 2.18. The van der Waals surface area contributed by atoms with E-state index in [9.17, 15) is 13.2 Å². The van der Waals surface area contributed by atoms with Crippen LogP contribution in [0.5, 0.6) is 0 Å². The zero-order valence-electron chi connectivity index (χ0n) is 11.5. The molecule has 0 bridgehead atoms. The van der Waals surface area contributed by atoms with E-state index in [1.165, 1.54) is 12.1 Å². The molecular formula is C16H15ClF3N. The van der Waals surface area contributed by atoms with Crippen LogP contribution in [0.25, 0.3) is 0 Å². The third-order valence-electron chi connectivity index (χ3n) is 3.36. The molecule has 0 fully saturated rings. The van der Waals surface area contributed by atoms with E-state index in [1.807, 2.05) is 0 Å². The summed E-state index contributed by atoms with van der Waals surface area (Å²) in [5.74, 6) is -2.11. The lowest BCUT2D eigenvalue weighted by atomic mass is 9.98. The average Bonchev–Trinajstić information content (AvgIpc) is 2.44. The highest BCUT2D eigenvalue weighted by Gasteiger charge is 2.13. The van der Waals surface area contributed by atoms with E-state index in [1.54, 1.807) is 19.2 Å². The van der Waals surface area contributed by atoms with Gasteiger partial charge in [-0.2, -0.15) is 0 Å². The Morgan fingerprint density at radius 3 is 2.33 bits per heavy atom. The number of halogens is 4. The third kappa shape index (κ3) is 4.22. The highest BCUT2D eigenvalue weighted by atomic mass is 35.5. The summed E-state index contributed by atoms with van der Waals surface area (Å²) >= 11 is 5.72. The molecule has 0 aliphatic heterocycles. The Kier molecular flexibility index (Phi) is 5.26. The van der Waals surface area contributed by atoms with Crippen LogP contribution in [0.1, 0.15) is 11.1 Å². The summed E-state index contributed by atoms with van der Waals surface area (Å²) in [4.78, 5) is 0. The Hall–Kier alpha value is -1.52. The molecule has 0 saturated carbocycles. The lowest BCUT2D eigenvalue weighted by Crippen LogP contribution is -2.30. The van der Waals surface area contributed by atoms with E-state index in [0.29, 0.717) is 29.0 Å². The number of benzene rings is 2. The van der Waals surface area contributed by atoms with Gasteiger partial charge in [-0.05, 0) is 55.3 Å². The van der Waals surface area contributed by atoms with Crippen LogP contribution in [-0.4, -0.2) is 13.1 Å². The number of nitrogens with one attached hydrogen (secondary N) is 1. The predicted octanol–water partition coefficient (Wildman–Crippen LogP) is 4.13. The first-order valence-corrected chi connectivity index (χ1v) is 6.92. The highest BCUT2D eigenvalue weighted by Crippen LogP contribution is 2.18. The maximum Gasteiger partial charge on any atom is 0.159 e. The highest BCUT2D eigenvalue weighted by molar-refractivity contribution is 6.30. The van der Waals surface area contributed by atoms with Crippen molar-refractivity contribution in [2.75, 3.05) is 7.05 Å². The standard InChI is InChI=1S/C16H15ClF3N/c1-21-13(6-10-2-5-14(18)16(20)7-10)8-11-3-4-12(17)9-15(11)19/h2-5,7,9,13,21H,6,8H2,1H3. The van der Waals surface area contributed by atoms with E-state index >= 15 is 0 Å². The van der Waals surface area contributed by atoms with Crippen LogP contribution in [-0.2, 0) is 12.8 Å². The number of hydrogen-bond acceptors (Lipinski definition) is 1. The number of rotatable bonds is 5. The molecule has 0 aliphatic carbocycles. The fraction of sp³-hybridized carbons (Fsp3) is 0.250. The largest absolute Gasteiger partial charge is 0.316 e. The van der Waals surface area contributed by atoms with Crippen molar-refractivity contribution >= 4 is 11.6 Å². The molecule has 0 spiro atoms. The summed E-state index contributed by atoms with van der Waals surface area (Å²) in [6, 6.07) is 8.23. The van der Waals surface area contributed by atoms with Gasteiger partial charge in [0.25, 0.3) is 0 Å². The van der Waals surface area contributed by atoms with Crippen LogP contribution >= 0.6 is 11.6 Å². The first kappa shape index (κ1) is 15.9. The first-order valence-electron chi connectivity index (χ1n) is 6.54. The molecule has 0 aliphatic rings. The zero-order valence-corrected chi connectivity index (χ0v) is 12.2. The van der Waals surface area contributed by atoms with E-state index < -0.39 is 11.6 Å². The van der Waals surface area contributed by atoms with Crippen LogP contribution in [0, 0.1) is 17.5 Å². The van der Waals surface area contributed by atoms with Gasteiger partial charge in [0.1, 0.15) is 5.82 Å². The second-order valence-electron chi connectivity index (χ2n) is 4.88. The van der Waals surface area contributed by atoms with Crippen molar-refractivity contribution in [3.63, 3.8) is 0 Å². The van der Waals surface area contributed by atoms with Gasteiger partial charge in [-0.15, -0.1) is 0 Å². The Morgan fingerprint density at radius 2 is 1.71 bits per heavy atom. The van der Waals surface area contributed by atoms with Gasteiger partial charge in [-0.1, -0.05) is 23.7 Å². The van der Waals surface area contributed by atoms with Gasteiger partial charge in [0.05, 0.1) is 0 Å². The average molecular weight is 314 g/mol. The molecule has 0 radical (unpaired) electrons. The molecule has 1 N–H and O–H groups in total. The lowest BCUT2D eigenvalue weighted by Gasteiger charge is -2.17. The Balaban J connectivity index is 2.10. The molecule has 1 nitrogen and oxygen atoms in total. The number of hydrogen-bond donors (Lipinski definition) is 1. The summed E-state index contributed by atoms with van der Waals surface area (Å²) in [5.41, 5.74) is 1.18. The summed E-state index contributed by atoms with van der Waals surface area (Å²) in [6.45, 7) is 0. The van der Waals surface area contributed by atoms with E-state index in [4.69, 9.17) is 11.6 Å². The van der Waals surface area contributed by atoms with Crippen molar-refractivity contribution in [2.45, 2.75) is 18.9 Å². The van der Waals surface area contributed by atoms with Gasteiger partial charge in [0, 0.05) is 11.1 Å². The molecule has 2 aromatic rings. The minimum Gasteiger partial charge on any atom is -0.316 e. The predicted molar refractivity (Wildman–Crippen MR) is 78.0 cm³/mol. The summed E-state index contributed by atoms with van der Waals surface area (Å²) in [5, 5.41) is 3.40. The summed E-state index contributed by atoms with van der Waals surface area (Å²) in [7, 11) is 1.75. The second kappa shape index (κ2) is 6.96. The van der Waals surface area contributed by atoms with Gasteiger partial charge >= 0.3 is 0 Å². The van der Waals surface area contributed by atoms with Gasteiger partial charge in [-0.3, -0.25) is 0 Å². The zero-order chi connectivity index (χ0) is 15.4. The summed E-state index contributed by atoms with van der Waals surface area (Å²) < 4.78 is 39.9. The smallest absolute Gasteiger partial charge is 0.159 e. The molecule has 0 aromatic heterocycles. The van der Waals surface area contributed by atoms with Crippen LogP contribution in [0.2, 0.25) is 5.02 Å². The van der Waals surface area contributed by atoms with Crippen molar-refractivity contribution in [2.24, 2.45) is 0 Å². The van der Waals surface area contributed by atoms with Gasteiger partial charge < -0.3 is 5.32 Å². The van der Waals surface area contributed by atoms with E-state index in [-0.39, 0.29) is 11.9 Å². The van der Waals surface area contributed by atoms with Crippen LogP contribution in [0.15, 0.2) is 36.4 Å². The molecule has 0 amide bonds. The van der Waals surface area contributed by atoms with E-state index in [0.717, 1.165) is 12.1 Å². The third-order valence-corrected chi connectivity index (χ3v) is 3.59. The molecule has 21 heavy (non-hydrogen) atoms. The molecule has 0 heterocycles. The van der Waals surface area contributed by atoms with Crippen molar-refractivity contribution in [3.05, 3.63) is 70.0 Å². The molecular weight excluding hydrogens is 299 g/mol. The maximum absolute atomic E-state index is 13.8. The molecule has 1 unspecified atom stereocenters.